The number of anilines is 1. The topological polar surface area (TPSA) is 26.0 Å². The van der Waals surface area contributed by atoms with Gasteiger partial charge in [-0.25, -0.2) is 0 Å². The van der Waals surface area contributed by atoms with Crippen LogP contribution in [0.15, 0.2) is 12.1 Å². The van der Waals surface area contributed by atoms with Crippen LogP contribution in [0.4, 0.5) is 5.69 Å². The molecule has 0 atom stereocenters. The average Bonchev–Trinajstić information content (AvgIpc) is 2.04. The molecule has 0 heterocycles. The Bertz CT molecular complexity index is 368. The van der Waals surface area contributed by atoms with Crippen LogP contribution in [-0.2, 0) is 0 Å². The summed E-state index contributed by atoms with van der Waals surface area (Å²) in [5.41, 5.74) is 5.82. The van der Waals surface area contributed by atoms with E-state index in [1.807, 2.05) is 0 Å². The third-order valence-electron chi connectivity index (χ3n) is 1.32. The van der Waals surface area contributed by atoms with E-state index in [0.29, 0.717) is 5.56 Å². The van der Waals surface area contributed by atoms with Crippen molar-refractivity contribution in [1.82, 2.24) is 0 Å². The quantitative estimate of drug-likeness (QED) is 0.551. The Morgan fingerprint density at radius 2 is 1.80 bits per heavy atom. The van der Waals surface area contributed by atoms with E-state index in [0.717, 1.165) is 0 Å². The van der Waals surface area contributed by atoms with Gasteiger partial charge in [0.15, 0.2) is 0 Å². The Morgan fingerprint density at radius 1 is 1.30 bits per heavy atom. The van der Waals surface area contributed by atoms with E-state index in [1.54, 1.807) is 6.92 Å². The van der Waals surface area contributed by atoms with Crippen molar-refractivity contribution < 1.29 is 8.22 Å². The highest BCUT2D eigenvalue weighted by molar-refractivity contribution is 5.54. The minimum atomic E-state index is -2.39. The van der Waals surface area contributed by atoms with Crippen LogP contribution in [0.3, 0.4) is 0 Å². The second-order valence-electron chi connectivity index (χ2n) is 2.27. The van der Waals surface area contributed by atoms with Crippen molar-refractivity contribution in [3.63, 3.8) is 0 Å². The molecule has 0 aliphatic rings. The van der Waals surface area contributed by atoms with Crippen LogP contribution in [0.2, 0.25) is 0 Å². The van der Waals surface area contributed by atoms with Gasteiger partial charge in [-0.3, -0.25) is 0 Å². The molecule has 1 nitrogen and oxygen atoms in total. The summed E-state index contributed by atoms with van der Waals surface area (Å²) in [5, 5.41) is 0. The van der Waals surface area contributed by atoms with Crippen molar-refractivity contribution in [1.29, 1.82) is 0 Å². The molecule has 0 saturated carbocycles. The molecular weight excluding hydrogens is 122 g/mol. The van der Waals surface area contributed by atoms with Gasteiger partial charge in [-0.05, 0) is 31.8 Å². The molecule has 0 unspecified atom stereocenters. The normalized spacial score (nSPS) is 21.3. The monoisotopic (exact) mass is 141 g/mol. The van der Waals surface area contributed by atoms with Crippen molar-refractivity contribution in [3.8, 4) is 0 Å². The summed E-state index contributed by atoms with van der Waals surface area (Å²) >= 11 is 0. The summed E-state index contributed by atoms with van der Waals surface area (Å²) in [6, 6.07) is 2.80. The zero-order valence-corrected chi connectivity index (χ0v) is 5.73. The highest BCUT2D eigenvalue weighted by Crippen LogP contribution is 2.17. The second kappa shape index (κ2) is 2.33. The molecule has 0 spiro atoms. The lowest BCUT2D eigenvalue weighted by molar-refractivity contribution is 1.33. The number of aryl methyl sites for hydroxylation is 3. The molecule has 1 heteroatoms. The van der Waals surface area contributed by atoms with Crippen LogP contribution in [0, 0.1) is 20.6 Å². The standard InChI is InChI=1S/C9H13N/c1-6-4-7(2)9(10)8(3)5-6/h4-5H,10H2,1-3H3/i2D3,3D3. The van der Waals surface area contributed by atoms with Crippen molar-refractivity contribution in [2.75, 3.05) is 5.73 Å². The second-order valence-corrected chi connectivity index (χ2v) is 2.27. The molecule has 10 heavy (non-hydrogen) atoms. The minimum Gasteiger partial charge on any atom is -0.398 e. The summed E-state index contributed by atoms with van der Waals surface area (Å²) < 4.78 is 43.7. The molecule has 54 valence electrons. The summed E-state index contributed by atoms with van der Waals surface area (Å²) in [6.07, 6.45) is 0. The Morgan fingerprint density at radius 3 is 2.20 bits per heavy atom. The molecule has 0 aliphatic carbocycles. The SMILES string of the molecule is [2H]C([2H])([2H])c1cc(C)cc(C([2H])([2H])[2H])c1N. The van der Waals surface area contributed by atoms with Crippen molar-refractivity contribution >= 4 is 5.69 Å². The van der Waals surface area contributed by atoms with Gasteiger partial charge in [0.2, 0.25) is 0 Å². The highest BCUT2D eigenvalue weighted by Gasteiger charge is 1.96. The maximum atomic E-state index is 7.28. The molecule has 1 rings (SSSR count). The molecule has 0 radical (unpaired) electrons. The molecule has 2 N–H and O–H groups in total. The van der Waals surface area contributed by atoms with Crippen molar-refractivity contribution in [3.05, 3.63) is 28.8 Å². The molecule has 0 bridgehead atoms. The number of hydrogen-bond donors (Lipinski definition) is 1. The van der Waals surface area contributed by atoms with Gasteiger partial charge in [-0.2, -0.15) is 0 Å². The van der Waals surface area contributed by atoms with E-state index < -0.39 is 13.7 Å². The fourth-order valence-corrected chi connectivity index (χ4v) is 0.798. The number of nitrogen functional groups attached to an aromatic ring is 1. The maximum Gasteiger partial charge on any atom is 0.0373 e. The first-order valence-corrected chi connectivity index (χ1v) is 2.94. The Balaban J connectivity index is 3.51. The zero-order chi connectivity index (χ0) is 12.7. The van der Waals surface area contributed by atoms with Gasteiger partial charge in [0.25, 0.3) is 0 Å². The first-order chi connectivity index (χ1) is 7.03. The predicted molar refractivity (Wildman–Crippen MR) is 45.1 cm³/mol. The van der Waals surface area contributed by atoms with E-state index in [2.05, 4.69) is 0 Å². The molecule has 1 aromatic carbocycles. The highest BCUT2D eigenvalue weighted by atomic mass is 14.6. The third kappa shape index (κ3) is 1.13. The summed E-state index contributed by atoms with van der Waals surface area (Å²) in [4.78, 5) is 0. The molecule has 0 aromatic heterocycles. The zero-order valence-electron chi connectivity index (χ0n) is 11.7. The lowest BCUT2D eigenvalue weighted by Crippen LogP contribution is -1.93. The molecule has 0 amide bonds. The molecule has 0 saturated heterocycles. The Hall–Kier alpha value is -0.980. The van der Waals surface area contributed by atoms with Crippen LogP contribution in [0.5, 0.6) is 0 Å². The van der Waals surface area contributed by atoms with Gasteiger partial charge in [-0.1, -0.05) is 17.7 Å². The first kappa shape index (κ1) is 2.57. The van der Waals surface area contributed by atoms with Crippen LogP contribution < -0.4 is 5.73 Å². The van der Waals surface area contributed by atoms with E-state index >= 15 is 0 Å². The van der Waals surface area contributed by atoms with Gasteiger partial charge < -0.3 is 5.73 Å². The van der Waals surface area contributed by atoms with Crippen LogP contribution in [0.1, 0.15) is 24.9 Å². The van der Waals surface area contributed by atoms with Crippen molar-refractivity contribution in [2.45, 2.75) is 20.6 Å². The van der Waals surface area contributed by atoms with Gasteiger partial charge in [-0.15, -0.1) is 0 Å². The van der Waals surface area contributed by atoms with Gasteiger partial charge in [0, 0.05) is 13.9 Å². The smallest absolute Gasteiger partial charge is 0.0373 e. The average molecular weight is 141 g/mol. The Kier molecular flexibility index (Phi) is 0.600. The molecule has 1 aromatic rings. The third-order valence-corrected chi connectivity index (χ3v) is 1.32. The number of nitrogens with two attached hydrogens (primary N) is 1. The summed E-state index contributed by atoms with van der Waals surface area (Å²) in [7, 11) is 0. The lowest BCUT2D eigenvalue weighted by Gasteiger charge is -2.04. The van der Waals surface area contributed by atoms with Gasteiger partial charge in [0.1, 0.15) is 0 Å². The van der Waals surface area contributed by atoms with E-state index in [9.17, 15) is 0 Å². The fourth-order valence-electron chi connectivity index (χ4n) is 0.798. The lowest BCUT2D eigenvalue weighted by atomic mass is 10.1. The van der Waals surface area contributed by atoms with Crippen LogP contribution >= 0.6 is 0 Å². The van der Waals surface area contributed by atoms with Crippen molar-refractivity contribution in [2.24, 2.45) is 0 Å². The maximum absolute atomic E-state index is 7.28. The molecule has 0 fully saturated rings. The number of benzene rings is 1. The minimum absolute atomic E-state index is 0.0985. The number of rotatable bonds is 0. The van der Waals surface area contributed by atoms with Gasteiger partial charge >= 0.3 is 0 Å². The fraction of sp³-hybridized carbons (Fsp3) is 0.333. The first-order valence-electron chi connectivity index (χ1n) is 5.94. The summed E-state index contributed by atoms with van der Waals surface area (Å²) in [6.45, 7) is -3.14. The predicted octanol–water partition coefficient (Wildman–Crippen LogP) is 2.19. The molecule has 0 aliphatic heterocycles. The molecular formula is C9H13N. The largest absolute Gasteiger partial charge is 0.398 e. The van der Waals surface area contributed by atoms with E-state index in [-0.39, 0.29) is 16.8 Å². The Labute approximate surface area is 70.3 Å². The summed E-state index contributed by atoms with van der Waals surface area (Å²) in [5.74, 6) is 0. The van der Waals surface area contributed by atoms with Crippen LogP contribution in [0.25, 0.3) is 0 Å². The van der Waals surface area contributed by atoms with E-state index in [1.165, 1.54) is 12.1 Å². The van der Waals surface area contributed by atoms with E-state index in [4.69, 9.17) is 14.0 Å². The number of hydrogen-bond acceptors (Lipinski definition) is 1. The van der Waals surface area contributed by atoms with Crippen LogP contribution in [-0.4, -0.2) is 0 Å². The van der Waals surface area contributed by atoms with Gasteiger partial charge in [0.05, 0.1) is 0 Å².